The van der Waals surface area contributed by atoms with Crippen LogP contribution in [-0.4, -0.2) is 82.7 Å². The largest absolute Gasteiger partial charge is 0.340 e. The van der Waals surface area contributed by atoms with Crippen LogP contribution in [0.3, 0.4) is 0 Å². The maximum Gasteiger partial charge on any atom is 0.250 e. The van der Waals surface area contributed by atoms with Gasteiger partial charge < -0.3 is 31.1 Å². The molecule has 6 aromatic rings. The summed E-state index contributed by atoms with van der Waals surface area (Å²) in [7, 11) is 0. The predicted octanol–water partition coefficient (Wildman–Crippen LogP) is 8.64. The zero-order chi connectivity index (χ0) is 46.4. The lowest BCUT2D eigenvalue weighted by Gasteiger charge is -2.30. The van der Waals surface area contributed by atoms with E-state index in [4.69, 9.17) is 9.97 Å². The van der Waals surface area contributed by atoms with E-state index >= 15 is 0 Å². The standard InChI is InChI=1S/C54H58N8O4S2/c63-49(41-23-27-55-28-24-41)59-47(39-9-3-1-4-10-39)53(65)61-31-7-13-43(61)51-57-33-45(67-51)37-19-15-35(16-20-37)36-17-21-38(22-18-36)46-34-58-52(68-46)44-14-8-32-62(44)54(66)48(40-11-5-2-6-12-40)60-50(64)42-25-29-56-30-26-42/h1-6,9-12,15-22,33-34,41-44,47-48,55-56H,7-8,13-14,23-32H2,(H,59,63)(H,60,64)/t43-,44-,47+,48+/m0/s1. The Morgan fingerprint density at radius 3 is 1.25 bits per heavy atom. The Morgan fingerprint density at radius 1 is 0.500 bits per heavy atom. The van der Waals surface area contributed by atoms with E-state index in [2.05, 4.69) is 69.8 Å². The van der Waals surface area contributed by atoms with Gasteiger partial charge in [-0.05, 0) is 111 Å². The Bertz CT molecular complexity index is 2500. The number of carbonyl (C=O) groups is 4. The second-order valence-corrected chi connectivity index (χ2v) is 20.5. The summed E-state index contributed by atoms with van der Waals surface area (Å²) in [5, 5.41) is 14.8. The van der Waals surface area contributed by atoms with Crippen LogP contribution in [0.1, 0.15) is 96.7 Å². The summed E-state index contributed by atoms with van der Waals surface area (Å²) < 4.78 is 0. The summed E-state index contributed by atoms with van der Waals surface area (Å²) in [5.74, 6) is -0.478. The van der Waals surface area contributed by atoms with Crippen LogP contribution < -0.4 is 21.3 Å². The van der Waals surface area contributed by atoms with Crippen molar-refractivity contribution in [2.24, 2.45) is 11.8 Å². The normalized spacial score (nSPS) is 19.9. The first-order valence-corrected chi connectivity index (χ1v) is 25.9. The van der Waals surface area contributed by atoms with Crippen molar-refractivity contribution in [3.8, 4) is 32.0 Å². The van der Waals surface area contributed by atoms with Crippen molar-refractivity contribution in [2.45, 2.75) is 75.5 Å². The van der Waals surface area contributed by atoms with E-state index < -0.39 is 12.1 Å². The fraction of sp³-hybridized carbons (Fsp3) is 0.370. The number of thiazole rings is 2. The number of piperidine rings is 2. The number of nitrogens with one attached hydrogen (secondary N) is 4. The molecule has 14 heteroatoms. The van der Waals surface area contributed by atoms with Crippen molar-refractivity contribution < 1.29 is 19.2 Å². The van der Waals surface area contributed by atoms with Crippen LogP contribution in [0, 0.1) is 11.8 Å². The molecule has 2 aromatic heterocycles. The van der Waals surface area contributed by atoms with Gasteiger partial charge in [0.2, 0.25) is 23.6 Å². The molecule has 4 fully saturated rings. The minimum atomic E-state index is -0.746. The summed E-state index contributed by atoms with van der Waals surface area (Å²) in [4.78, 5) is 71.3. The van der Waals surface area contributed by atoms with Crippen LogP contribution in [0.2, 0.25) is 0 Å². The van der Waals surface area contributed by atoms with Gasteiger partial charge in [0.15, 0.2) is 0 Å². The minimum absolute atomic E-state index is 0.0543. The van der Waals surface area contributed by atoms with Gasteiger partial charge in [0.25, 0.3) is 0 Å². The van der Waals surface area contributed by atoms with E-state index in [0.29, 0.717) is 13.1 Å². The molecule has 0 unspecified atom stereocenters. The van der Waals surface area contributed by atoms with Gasteiger partial charge in [0.1, 0.15) is 22.1 Å². The van der Waals surface area contributed by atoms with Gasteiger partial charge in [0, 0.05) is 37.3 Å². The number of benzene rings is 4. The molecule has 0 spiro atoms. The molecule has 12 nitrogen and oxygen atoms in total. The topological polar surface area (TPSA) is 149 Å². The van der Waals surface area contributed by atoms with E-state index in [1.807, 2.05) is 82.9 Å². The lowest BCUT2D eigenvalue weighted by atomic mass is 9.96. The number of carbonyl (C=O) groups excluding carboxylic acids is 4. The maximum atomic E-state index is 14.4. The highest BCUT2D eigenvalue weighted by Crippen LogP contribution is 2.41. The lowest BCUT2D eigenvalue weighted by Crippen LogP contribution is -2.46. The van der Waals surface area contributed by atoms with Gasteiger partial charge >= 0.3 is 0 Å². The van der Waals surface area contributed by atoms with E-state index in [-0.39, 0.29) is 47.5 Å². The number of hydrogen-bond donors (Lipinski definition) is 4. The van der Waals surface area contributed by atoms with E-state index in [1.165, 1.54) is 0 Å². The third-order valence-electron chi connectivity index (χ3n) is 14.1. The number of nitrogens with zero attached hydrogens (tertiary/aromatic N) is 4. The SMILES string of the molecule is O=C(N[C@@H](C(=O)N1CCC[C@H]1c1ncc(-c2ccc(-c3ccc(-c4cnc([C@@H]5CCCN5C(=O)[C@H](NC(=O)C5CCNCC5)c5ccccc5)s4)cc3)cc2)s1)c1ccccc1)C1CCNCC1. The first-order valence-electron chi connectivity index (χ1n) is 24.2. The van der Waals surface area contributed by atoms with Crippen molar-refractivity contribution in [1.29, 1.82) is 0 Å². The molecule has 10 rings (SSSR count). The average Bonchev–Trinajstić information content (AvgIpc) is 4.26. The minimum Gasteiger partial charge on any atom is -0.340 e. The molecule has 68 heavy (non-hydrogen) atoms. The Hall–Kier alpha value is -6.06. The zero-order valence-electron chi connectivity index (χ0n) is 38.1. The molecule has 0 radical (unpaired) electrons. The highest BCUT2D eigenvalue weighted by atomic mass is 32.1. The molecule has 0 saturated carbocycles. The second-order valence-electron chi connectivity index (χ2n) is 18.4. The van der Waals surface area contributed by atoms with Crippen molar-refractivity contribution in [3.63, 3.8) is 0 Å². The van der Waals surface area contributed by atoms with Crippen LogP contribution in [0.5, 0.6) is 0 Å². The molecule has 4 amide bonds. The number of rotatable bonds is 13. The summed E-state index contributed by atoms with van der Waals surface area (Å²) in [6.07, 6.45) is 10.3. The quantitative estimate of drug-likeness (QED) is 0.0900. The fourth-order valence-electron chi connectivity index (χ4n) is 10.3. The Morgan fingerprint density at radius 2 is 0.868 bits per heavy atom. The molecule has 0 aliphatic carbocycles. The Labute approximate surface area is 406 Å². The molecule has 4 aliphatic rings. The fourth-order valence-corrected chi connectivity index (χ4v) is 12.4. The lowest BCUT2D eigenvalue weighted by molar-refractivity contribution is -0.138. The number of amides is 4. The first kappa shape index (κ1) is 45.7. The molecular formula is C54H58N8O4S2. The van der Waals surface area contributed by atoms with Crippen molar-refractivity contribution in [1.82, 2.24) is 41.0 Å². The molecule has 4 N–H and O–H groups in total. The van der Waals surface area contributed by atoms with Crippen molar-refractivity contribution in [2.75, 3.05) is 39.3 Å². The van der Waals surface area contributed by atoms with Gasteiger partial charge in [-0.1, -0.05) is 109 Å². The van der Waals surface area contributed by atoms with Gasteiger partial charge in [-0.2, -0.15) is 0 Å². The van der Waals surface area contributed by atoms with Gasteiger partial charge in [-0.3, -0.25) is 19.2 Å². The molecular weight excluding hydrogens is 889 g/mol. The summed E-state index contributed by atoms with van der Waals surface area (Å²) in [6, 6.07) is 34.5. The molecule has 0 bridgehead atoms. The van der Waals surface area contributed by atoms with Crippen molar-refractivity contribution >= 4 is 46.3 Å². The van der Waals surface area contributed by atoms with Crippen LogP contribution in [-0.2, 0) is 19.2 Å². The van der Waals surface area contributed by atoms with Gasteiger partial charge in [-0.15, -0.1) is 22.7 Å². The van der Waals surface area contributed by atoms with Crippen LogP contribution >= 0.6 is 22.7 Å². The monoisotopic (exact) mass is 946 g/mol. The highest BCUT2D eigenvalue weighted by Gasteiger charge is 2.39. The third-order valence-corrected chi connectivity index (χ3v) is 16.4. The molecule has 4 aromatic carbocycles. The van der Waals surface area contributed by atoms with Crippen molar-refractivity contribution in [3.05, 3.63) is 143 Å². The Balaban J connectivity index is 0.790. The molecule has 350 valence electrons. The summed E-state index contributed by atoms with van der Waals surface area (Å²) in [6.45, 7) is 4.48. The van der Waals surface area contributed by atoms with E-state index in [0.717, 1.165) is 131 Å². The van der Waals surface area contributed by atoms with Crippen LogP contribution in [0.15, 0.2) is 122 Å². The number of likely N-dealkylation sites (tertiary alicyclic amines) is 2. The molecule has 6 heterocycles. The summed E-state index contributed by atoms with van der Waals surface area (Å²) >= 11 is 3.25. The maximum absolute atomic E-state index is 14.4. The zero-order valence-corrected chi connectivity index (χ0v) is 39.8. The second kappa shape index (κ2) is 21.1. The first-order chi connectivity index (χ1) is 33.4. The summed E-state index contributed by atoms with van der Waals surface area (Å²) in [5.41, 5.74) is 5.92. The van der Waals surface area contributed by atoms with Crippen LogP contribution in [0.25, 0.3) is 32.0 Å². The average molecular weight is 947 g/mol. The molecule has 4 atom stereocenters. The Kier molecular flexibility index (Phi) is 14.2. The van der Waals surface area contributed by atoms with Gasteiger partial charge in [0.05, 0.1) is 21.8 Å². The van der Waals surface area contributed by atoms with E-state index in [1.54, 1.807) is 22.7 Å². The highest BCUT2D eigenvalue weighted by molar-refractivity contribution is 7.15. The third kappa shape index (κ3) is 10.1. The van der Waals surface area contributed by atoms with Crippen LogP contribution in [0.4, 0.5) is 0 Å². The number of aromatic nitrogens is 2. The predicted molar refractivity (Wildman–Crippen MR) is 267 cm³/mol. The van der Waals surface area contributed by atoms with Gasteiger partial charge in [-0.25, -0.2) is 9.97 Å². The molecule has 4 aliphatic heterocycles. The number of hydrogen-bond acceptors (Lipinski definition) is 10. The van der Waals surface area contributed by atoms with E-state index in [9.17, 15) is 19.2 Å². The smallest absolute Gasteiger partial charge is 0.250 e. The molecule has 4 saturated heterocycles.